The van der Waals surface area contributed by atoms with Gasteiger partial charge in [0.2, 0.25) is 5.91 Å². The Kier molecular flexibility index (Phi) is 5.35. The van der Waals surface area contributed by atoms with E-state index in [0.717, 1.165) is 10.7 Å². The number of amides is 1. The van der Waals surface area contributed by atoms with E-state index in [1.54, 1.807) is 0 Å². The van der Waals surface area contributed by atoms with E-state index in [2.05, 4.69) is 10.3 Å². The fraction of sp³-hybridized carbons (Fsp3) is 0.733. The minimum Gasteiger partial charge on any atom is -0.341 e. The van der Waals surface area contributed by atoms with Crippen LogP contribution in [0.4, 0.5) is 13.2 Å². The van der Waals surface area contributed by atoms with Gasteiger partial charge in [0.05, 0.1) is 18.0 Å². The summed E-state index contributed by atoms with van der Waals surface area (Å²) in [7, 11) is 0. The number of hydrogen-bond acceptors (Lipinski definition) is 4. The number of nitrogens with one attached hydrogen (secondary N) is 1. The third-order valence-electron chi connectivity index (χ3n) is 4.07. The van der Waals surface area contributed by atoms with Gasteiger partial charge < -0.3 is 4.90 Å². The van der Waals surface area contributed by atoms with Crippen LogP contribution in [-0.4, -0.2) is 41.6 Å². The Morgan fingerprint density at radius 3 is 2.74 bits per heavy atom. The van der Waals surface area contributed by atoms with Gasteiger partial charge in [0.1, 0.15) is 5.01 Å². The molecule has 1 aromatic heterocycles. The maximum atomic E-state index is 12.8. The average molecular weight is 349 g/mol. The molecular formula is C15H22F3N3OS. The quantitative estimate of drug-likeness (QED) is 0.909. The zero-order valence-electron chi connectivity index (χ0n) is 13.5. The Morgan fingerprint density at radius 1 is 1.48 bits per heavy atom. The highest BCUT2D eigenvalue weighted by Gasteiger charge is 2.42. The minimum absolute atomic E-state index is 0.0101. The van der Waals surface area contributed by atoms with Gasteiger partial charge in [-0.1, -0.05) is 0 Å². The van der Waals surface area contributed by atoms with Crippen molar-refractivity contribution in [2.24, 2.45) is 5.92 Å². The van der Waals surface area contributed by atoms with Crippen LogP contribution < -0.4 is 5.32 Å². The first kappa shape index (κ1) is 18.2. The molecule has 0 aliphatic carbocycles. The molecule has 8 heteroatoms. The van der Waals surface area contributed by atoms with Crippen LogP contribution in [0.2, 0.25) is 0 Å². The van der Waals surface area contributed by atoms with Crippen LogP contribution in [0.5, 0.6) is 0 Å². The van der Waals surface area contributed by atoms with E-state index in [1.165, 1.54) is 16.2 Å². The number of likely N-dealkylation sites (tertiary alicyclic amines) is 1. The highest BCUT2D eigenvalue weighted by Crippen LogP contribution is 2.33. The number of nitrogens with zero attached hydrogens (tertiary/aromatic N) is 2. The van der Waals surface area contributed by atoms with E-state index < -0.39 is 17.6 Å². The lowest BCUT2D eigenvalue weighted by Gasteiger charge is -2.34. The summed E-state index contributed by atoms with van der Waals surface area (Å²) < 4.78 is 38.4. The van der Waals surface area contributed by atoms with Crippen molar-refractivity contribution < 1.29 is 18.0 Å². The molecule has 2 rings (SSSR count). The number of carbonyl (C=O) groups is 1. The second kappa shape index (κ2) is 6.76. The van der Waals surface area contributed by atoms with E-state index in [-0.39, 0.29) is 25.4 Å². The standard InChI is InChI=1S/C15H22F3N3OS/c1-10-9-23-13(20-10)14(2,3)19-7-12(22)21-6-4-5-11(8-21)15(16,17)18/h9,11,19H,4-8H2,1-3H3/t11-/m1/s1. The fourth-order valence-electron chi connectivity index (χ4n) is 2.60. The molecule has 130 valence electrons. The molecule has 0 aromatic carbocycles. The predicted octanol–water partition coefficient (Wildman–Crippen LogP) is 3.08. The van der Waals surface area contributed by atoms with Gasteiger partial charge in [-0.2, -0.15) is 13.2 Å². The third kappa shape index (κ3) is 4.67. The van der Waals surface area contributed by atoms with Crippen molar-refractivity contribution in [1.82, 2.24) is 15.2 Å². The average Bonchev–Trinajstić information content (AvgIpc) is 2.91. The van der Waals surface area contributed by atoms with Crippen molar-refractivity contribution in [3.05, 3.63) is 16.1 Å². The molecule has 0 saturated carbocycles. The molecule has 1 fully saturated rings. The highest BCUT2D eigenvalue weighted by molar-refractivity contribution is 7.09. The molecule has 1 amide bonds. The fourth-order valence-corrected chi connectivity index (χ4v) is 3.49. The van der Waals surface area contributed by atoms with Crippen LogP contribution in [0.3, 0.4) is 0 Å². The topological polar surface area (TPSA) is 45.2 Å². The van der Waals surface area contributed by atoms with E-state index in [0.29, 0.717) is 13.0 Å². The van der Waals surface area contributed by atoms with Gasteiger partial charge in [-0.15, -0.1) is 11.3 Å². The van der Waals surface area contributed by atoms with Gasteiger partial charge in [0.25, 0.3) is 0 Å². The van der Waals surface area contributed by atoms with Crippen LogP contribution in [0, 0.1) is 12.8 Å². The maximum absolute atomic E-state index is 12.8. The Hall–Kier alpha value is -1.15. The largest absolute Gasteiger partial charge is 0.393 e. The highest BCUT2D eigenvalue weighted by atomic mass is 32.1. The number of aromatic nitrogens is 1. The van der Waals surface area contributed by atoms with Crippen molar-refractivity contribution in [2.75, 3.05) is 19.6 Å². The molecule has 1 aliphatic heterocycles. The molecule has 1 aliphatic rings. The van der Waals surface area contributed by atoms with Gasteiger partial charge in [0, 0.05) is 24.2 Å². The summed E-state index contributed by atoms with van der Waals surface area (Å²) in [6.07, 6.45) is -3.74. The summed E-state index contributed by atoms with van der Waals surface area (Å²) in [5.41, 5.74) is 0.420. The van der Waals surface area contributed by atoms with Crippen LogP contribution in [-0.2, 0) is 10.3 Å². The smallest absolute Gasteiger partial charge is 0.341 e. The van der Waals surface area contributed by atoms with Crippen LogP contribution in [0.1, 0.15) is 37.4 Å². The summed E-state index contributed by atoms with van der Waals surface area (Å²) in [5.74, 6) is -1.70. The summed E-state index contributed by atoms with van der Waals surface area (Å²) in [4.78, 5) is 17.9. The molecule has 1 atom stereocenters. The Labute approximate surface area is 138 Å². The van der Waals surface area contributed by atoms with Gasteiger partial charge in [-0.05, 0) is 33.6 Å². The lowest BCUT2D eigenvalue weighted by atomic mass is 9.97. The molecule has 0 spiro atoms. The zero-order valence-corrected chi connectivity index (χ0v) is 14.4. The lowest BCUT2D eigenvalue weighted by molar-refractivity contribution is -0.187. The second-order valence-corrected chi connectivity index (χ2v) is 7.35. The lowest BCUT2D eigenvalue weighted by Crippen LogP contribution is -2.49. The summed E-state index contributed by atoms with van der Waals surface area (Å²) in [6.45, 7) is 5.88. The number of carbonyl (C=O) groups excluding carboxylic acids is 1. The Morgan fingerprint density at radius 2 is 2.17 bits per heavy atom. The normalized spacial score (nSPS) is 19.9. The number of alkyl halides is 3. The van der Waals surface area contributed by atoms with Crippen LogP contribution >= 0.6 is 11.3 Å². The molecule has 0 bridgehead atoms. The monoisotopic (exact) mass is 349 g/mol. The van der Waals surface area contributed by atoms with Gasteiger partial charge in [0.15, 0.2) is 0 Å². The minimum atomic E-state index is -4.23. The van der Waals surface area contributed by atoms with Crippen molar-refractivity contribution in [1.29, 1.82) is 0 Å². The van der Waals surface area contributed by atoms with Gasteiger partial charge >= 0.3 is 6.18 Å². The number of rotatable bonds is 4. The first-order valence-electron chi connectivity index (χ1n) is 7.62. The van der Waals surface area contributed by atoms with E-state index in [4.69, 9.17) is 0 Å². The first-order valence-corrected chi connectivity index (χ1v) is 8.49. The van der Waals surface area contributed by atoms with E-state index >= 15 is 0 Å². The Balaban J connectivity index is 1.91. The van der Waals surface area contributed by atoms with Gasteiger partial charge in [-0.3, -0.25) is 10.1 Å². The van der Waals surface area contributed by atoms with E-state index in [9.17, 15) is 18.0 Å². The molecule has 0 unspecified atom stereocenters. The number of piperidine rings is 1. The van der Waals surface area contributed by atoms with Crippen molar-refractivity contribution in [3.8, 4) is 0 Å². The van der Waals surface area contributed by atoms with Crippen LogP contribution in [0.15, 0.2) is 5.38 Å². The van der Waals surface area contributed by atoms with Crippen molar-refractivity contribution >= 4 is 17.2 Å². The molecule has 4 nitrogen and oxygen atoms in total. The Bertz CT molecular complexity index is 556. The first-order chi connectivity index (χ1) is 10.6. The third-order valence-corrected chi connectivity index (χ3v) is 5.36. The summed E-state index contributed by atoms with van der Waals surface area (Å²) >= 11 is 1.50. The van der Waals surface area contributed by atoms with Crippen molar-refractivity contribution in [3.63, 3.8) is 0 Å². The number of halogens is 3. The second-order valence-electron chi connectivity index (χ2n) is 6.49. The number of aryl methyl sites for hydroxylation is 1. The maximum Gasteiger partial charge on any atom is 0.393 e. The SMILES string of the molecule is Cc1csc(C(C)(C)NCC(=O)N2CCC[C@@H](C(F)(F)F)C2)n1. The number of hydrogen-bond donors (Lipinski definition) is 1. The van der Waals surface area contributed by atoms with Crippen molar-refractivity contribution in [2.45, 2.75) is 45.3 Å². The molecule has 0 radical (unpaired) electrons. The van der Waals surface area contributed by atoms with Gasteiger partial charge in [-0.25, -0.2) is 4.98 Å². The molecular weight excluding hydrogens is 327 g/mol. The van der Waals surface area contributed by atoms with Crippen LogP contribution in [0.25, 0.3) is 0 Å². The zero-order chi connectivity index (χ0) is 17.3. The van der Waals surface area contributed by atoms with E-state index in [1.807, 2.05) is 26.2 Å². The molecule has 1 aromatic rings. The summed E-state index contributed by atoms with van der Waals surface area (Å²) in [5, 5.41) is 5.90. The molecule has 1 N–H and O–H groups in total. The molecule has 1 saturated heterocycles. The molecule has 23 heavy (non-hydrogen) atoms. The number of thiazole rings is 1. The molecule has 2 heterocycles. The predicted molar refractivity (Wildman–Crippen MR) is 83.2 cm³/mol. The summed E-state index contributed by atoms with van der Waals surface area (Å²) in [6, 6.07) is 0.